The molecule has 1 aliphatic heterocycles. The zero-order valence-electron chi connectivity index (χ0n) is 15.2. The first-order valence-corrected chi connectivity index (χ1v) is 9.62. The van der Waals surface area contributed by atoms with E-state index >= 15 is 0 Å². The highest BCUT2D eigenvalue weighted by molar-refractivity contribution is 5.90. The number of rotatable bonds is 13. The van der Waals surface area contributed by atoms with E-state index in [0.29, 0.717) is 0 Å². The number of carbonyl (C=O) groups is 1. The molecular weight excluding hydrogens is 270 g/mol. The number of hydrogen-bond donors (Lipinski definition) is 0. The predicted octanol–water partition coefficient (Wildman–Crippen LogP) is 5.86. The van der Waals surface area contributed by atoms with Gasteiger partial charge in [-0.3, -0.25) is 4.79 Å². The van der Waals surface area contributed by atoms with Gasteiger partial charge in [-0.1, -0.05) is 84.1 Å². The Kier molecular flexibility index (Phi) is 9.50. The molecule has 0 unspecified atom stereocenters. The van der Waals surface area contributed by atoms with Crippen molar-refractivity contribution in [1.29, 1.82) is 0 Å². The van der Waals surface area contributed by atoms with E-state index < -0.39 is 0 Å². The van der Waals surface area contributed by atoms with Gasteiger partial charge in [0.15, 0.2) is 0 Å². The summed E-state index contributed by atoms with van der Waals surface area (Å²) in [5, 5.41) is 0. The maximum atomic E-state index is 12.1. The molecule has 0 radical (unpaired) electrons. The Morgan fingerprint density at radius 3 is 1.82 bits per heavy atom. The fourth-order valence-electron chi connectivity index (χ4n) is 3.54. The third-order valence-corrected chi connectivity index (χ3v) is 5.10. The largest absolute Gasteiger partial charge is 0.330 e. The molecule has 0 atom stereocenters. The number of hydrogen-bond acceptors (Lipinski definition) is 1. The van der Waals surface area contributed by atoms with Gasteiger partial charge >= 0.3 is 0 Å². The van der Waals surface area contributed by atoms with Gasteiger partial charge in [0.25, 0.3) is 0 Å². The van der Waals surface area contributed by atoms with Gasteiger partial charge in [-0.05, 0) is 19.8 Å². The van der Waals surface area contributed by atoms with Gasteiger partial charge in [-0.2, -0.15) is 0 Å². The van der Waals surface area contributed by atoms with Crippen molar-refractivity contribution < 1.29 is 4.79 Å². The molecule has 22 heavy (non-hydrogen) atoms. The van der Waals surface area contributed by atoms with Crippen molar-refractivity contribution in [2.24, 2.45) is 0 Å². The van der Waals surface area contributed by atoms with Crippen molar-refractivity contribution in [2.75, 3.05) is 6.54 Å². The molecule has 2 nitrogen and oxygen atoms in total. The van der Waals surface area contributed by atoms with Gasteiger partial charge in [-0.15, -0.1) is 0 Å². The fraction of sp³-hybridized carbons (Fsp3) is 0.850. The molecule has 0 N–H and O–H groups in total. The van der Waals surface area contributed by atoms with Crippen molar-refractivity contribution >= 4 is 5.91 Å². The van der Waals surface area contributed by atoms with Crippen LogP contribution in [0.2, 0.25) is 0 Å². The highest BCUT2D eigenvalue weighted by Gasteiger charge is 2.34. The predicted molar refractivity (Wildman–Crippen MR) is 96.0 cm³/mol. The van der Waals surface area contributed by atoms with E-state index in [1.165, 1.54) is 64.2 Å². The molecule has 0 spiro atoms. The summed E-state index contributed by atoms with van der Waals surface area (Å²) < 4.78 is 0. The van der Waals surface area contributed by atoms with Crippen molar-refractivity contribution in [2.45, 2.75) is 103 Å². The number of nitrogens with zero attached hydrogens (tertiary/aromatic N) is 1. The van der Waals surface area contributed by atoms with Gasteiger partial charge in [-0.25, -0.2) is 0 Å². The molecule has 0 bridgehead atoms. The van der Waals surface area contributed by atoms with Gasteiger partial charge in [0.1, 0.15) is 0 Å². The third kappa shape index (κ3) is 6.54. The molecule has 0 aromatic carbocycles. The minimum absolute atomic E-state index is 0.0685. The van der Waals surface area contributed by atoms with Crippen LogP contribution in [0, 0.1) is 0 Å². The van der Waals surface area contributed by atoms with Crippen LogP contribution in [-0.2, 0) is 4.79 Å². The van der Waals surface area contributed by atoms with Crippen LogP contribution >= 0.6 is 0 Å². The van der Waals surface area contributed by atoms with Crippen molar-refractivity contribution in [3.05, 3.63) is 12.2 Å². The van der Waals surface area contributed by atoms with Crippen LogP contribution in [0.1, 0.15) is 97.8 Å². The smallest absolute Gasteiger partial charge is 0.247 e. The molecule has 0 saturated heterocycles. The van der Waals surface area contributed by atoms with E-state index in [1.807, 2.05) is 6.08 Å². The third-order valence-electron chi connectivity index (χ3n) is 5.10. The quantitative estimate of drug-likeness (QED) is 0.390. The number of unbranched alkanes of at least 4 members (excludes halogenated alkanes) is 8. The molecule has 0 aromatic heterocycles. The van der Waals surface area contributed by atoms with Crippen LogP contribution in [0.4, 0.5) is 0 Å². The molecule has 1 heterocycles. The standard InChI is InChI=1S/C20H37NO/c1-4-6-8-10-12-16-20(3,17-13-11-9-7-5-2)21-18-14-15-19(21)22/h14-15H,4-13,16-18H2,1-3H3. The second kappa shape index (κ2) is 10.9. The Morgan fingerprint density at radius 2 is 1.41 bits per heavy atom. The maximum Gasteiger partial charge on any atom is 0.247 e. The van der Waals surface area contributed by atoms with E-state index in [2.05, 4.69) is 25.7 Å². The summed E-state index contributed by atoms with van der Waals surface area (Å²) in [6, 6.07) is 0. The Labute approximate surface area is 138 Å². The van der Waals surface area contributed by atoms with Crippen LogP contribution in [0.15, 0.2) is 12.2 Å². The van der Waals surface area contributed by atoms with Gasteiger partial charge in [0, 0.05) is 18.2 Å². The van der Waals surface area contributed by atoms with Gasteiger partial charge in [0.05, 0.1) is 0 Å². The average Bonchev–Trinajstić information content (AvgIpc) is 2.94. The first-order valence-electron chi connectivity index (χ1n) is 9.62. The highest BCUT2D eigenvalue weighted by atomic mass is 16.2. The zero-order valence-corrected chi connectivity index (χ0v) is 15.2. The van der Waals surface area contributed by atoms with Crippen LogP contribution in [0.3, 0.4) is 0 Å². The van der Waals surface area contributed by atoms with Crippen LogP contribution in [0.5, 0.6) is 0 Å². The molecular formula is C20H37NO. The van der Waals surface area contributed by atoms with Crippen molar-refractivity contribution in [3.63, 3.8) is 0 Å². The fourth-order valence-corrected chi connectivity index (χ4v) is 3.54. The molecule has 128 valence electrons. The van der Waals surface area contributed by atoms with Crippen LogP contribution in [-0.4, -0.2) is 22.9 Å². The van der Waals surface area contributed by atoms with E-state index in [0.717, 1.165) is 19.4 Å². The van der Waals surface area contributed by atoms with Crippen molar-refractivity contribution in [3.8, 4) is 0 Å². The Morgan fingerprint density at radius 1 is 0.909 bits per heavy atom. The lowest BCUT2D eigenvalue weighted by atomic mass is 9.86. The SMILES string of the molecule is CCCCCCCC(C)(CCCCCCC)N1CC=CC1=O. The van der Waals surface area contributed by atoms with E-state index in [-0.39, 0.29) is 11.4 Å². The molecule has 1 aliphatic rings. The lowest BCUT2D eigenvalue weighted by Crippen LogP contribution is -2.47. The topological polar surface area (TPSA) is 20.3 Å². The van der Waals surface area contributed by atoms with E-state index in [4.69, 9.17) is 0 Å². The first-order chi connectivity index (χ1) is 10.6. The van der Waals surface area contributed by atoms with E-state index in [9.17, 15) is 4.79 Å². The summed E-state index contributed by atoms with van der Waals surface area (Å²) in [5.74, 6) is 0.226. The van der Waals surface area contributed by atoms with Gasteiger partial charge < -0.3 is 4.90 Å². The lowest BCUT2D eigenvalue weighted by molar-refractivity contribution is -0.130. The lowest BCUT2D eigenvalue weighted by Gasteiger charge is -2.39. The molecule has 1 amide bonds. The monoisotopic (exact) mass is 307 g/mol. The van der Waals surface area contributed by atoms with Gasteiger partial charge in [0.2, 0.25) is 5.91 Å². The molecule has 0 fully saturated rings. The minimum atomic E-state index is 0.0685. The number of carbonyl (C=O) groups excluding carboxylic acids is 1. The molecule has 0 saturated carbocycles. The second-order valence-corrected chi connectivity index (χ2v) is 7.18. The molecule has 2 heteroatoms. The summed E-state index contributed by atoms with van der Waals surface area (Å²) in [4.78, 5) is 14.2. The molecule has 0 aromatic rings. The Bertz CT molecular complexity index is 321. The summed E-state index contributed by atoms with van der Waals surface area (Å²) >= 11 is 0. The molecule has 1 rings (SSSR count). The normalized spacial score (nSPS) is 15.0. The summed E-state index contributed by atoms with van der Waals surface area (Å²) in [6.45, 7) is 7.65. The van der Waals surface area contributed by atoms with E-state index in [1.54, 1.807) is 6.08 Å². The second-order valence-electron chi connectivity index (χ2n) is 7.18. The maximum absolute atomic E-state index is 12.1. The highest BCUT2D eigenvalue weighted by Crippen LogP contribution is 2.31. The summed E-state index contributed by atoms with van der Waals surface area (Å²) in [5.41, 5.74) is 0.0685. The first kappa shape index (κ1) is 19.3. The van der Waals surface area contributed by atoms with Crippen LogP contribution < -0.4 is 0 Å². The summed E-state index contributed by atoms with van der Waals surface area (Å²) in [6.07, 6.45) is 19.2. The van der Waals surface area contributed by atoms with Crippen molar-refractivity contribution in [1.82, 2.24) is 4.90 Å². The summed E-state index contributed by atoms with van der Waals surface area (Å²) in [7, 11) is 0. The minimum Gasteiger partial charge on any atom is -0.330 e. The van der Waals surface area contributed by atoms with Crippen LogP contribution in [0.25, 0.3) is 0 Å². The zero-order chi connectivity index (χ0) is 16.3. The Balaban J connectivity index is 2.43. The Hall–Kier alpha value is -0.790. The number of amides is 1. The average molecular weight is 308 g/mol. The molecule has 0 aliphatic carbocycles.